The summed E-state index contributed by atoms with van der Waals surface area (Å²) in [6.07, 6.45) is -0.590. The molecule has 0 fully saturated rings. The zero-order valence-corrected chi connectivity index (χ0v) is 11.7. The zero-order valence-electron chi connectivity index (χ0n) is 8.54. The number of hydrogen-bond donors (Lipinski definition) is 1. The van der Waals surface area contributed by atoms with Gasteiger partial charge in [-0.15, -0.1) is 0 Å². The first-order valence-electron chi connectivity index (χ1n) is 4.46. The van der Waals surface area contributed by atoms with Crippen LogP contribution in [0.15, 0.2) is 39.3 Å². The van der Waals surface area contributed by atoms with Crippen molar-refractivity contribution >= 4 is 37.8 Å². The fourth-order valence-corrected chi connectivity index (χ4v) is 2.20. The van der Waals surface area contributed by atoms with Gasteiger partial charge in [-0.2, -0.15) is 0 Å². The van der Waals surface area contributed by atoms with Gasteiger partial charge in [0.05, 0.1) is 14.5 Å². The Morgan fingerprint density at radius 3 is 2.38 bits per heavy atom. The number of benzene rings is 1. The van der Waals surface area contributed by atoms with Gasteiger partial charge in [-0.25, -0.2) is 4.79 Å². The van der Waals surface area contributed by atoms with E-state index in [0.29, 0.717) is 5.75 Å². The molecule has 1 aromatic rings. The van der Waals surface area contributed by atoms with Gasteiger partial charge in [-0.1, -0.05) is 12.6 Å². The molecule has 0 amide bonds. The smallest absolute Gasteiger partial charge is 0.334 e. The van der Waals surface area contributed by atoms with E-state index in [-0.39, 0.29) is 5.57 Å². The second-order valence-corrected chi connectivity index (χ2v) is 4.85. The van der Waals surface area contributed by atoms with Crippen molar-refractivity contribution < 1.29 is 14.6 Å². The predicted octanol–water partition coefficient (Wildman–Crippen LogP) is 3.62. The van der Waals surface area contributed by atoms with Gasteiger partial charge >= 0.3 is 5.97 Å². The number of carboxylic acid groups (broad SMARTS) is 1. The quantitative estimate of drug-likeness (QED) is 0.844. The maximum Gasteiger partial charge on any atom is 0.334 e. The lowest BCUT2D eigenvalue weighted by molar-refractivity contribution is -0.133. The van der Waals surface area contributed by atoms with Gasteiger partial charge in [0.25, 0.3) is 0 Å². The lowest BCUT2D eigenvalue weighted by Gasteiger charge is -2.16. The molecule has 0 heterocycles. The van der Waals surface area contributed by atoms with Crippen molar-refractivity contribution in [3.63, 3.8) is 0 Å². The molecule has 1 unspecified atom stereocenters. The summed E-state index contributed by atoms with van der Waals surface area (Å²) in [5.41, 5.74) is 0.0163. The molecule has 5 heteroatoms. The fraction of sp³-hybridized carbons (Fsp3) is 0.182. The summed E-state index contributed by atoms with van der Waals surface area (Å²) in [6.45, 7) is 5.10. The largest absolute Gasteiger partial charge is 0.483 e. The highest BCUT2D eigenvalue weighted by Crippen LogP contribution is 2.34. The van der Waals surface area contributed by atoms with Crippen molar-refractivity contribution in [2.75, 3.05) is 0 Å². The van der Waals surface area contributed by atoms with Crippen LogP contribution in [0.25, 0.3) is 0 Å². The highest BCUT2D eigenvalue weighted by Gasteiger charge is 2.17. The minimum atomic E-state index is -1.06. The highest BCUT2D eigenvalue weighted by molar-refractivity contribution is 9.11. The van der Waals surface area contributed by atoms with Gasteiger partial charge in [0.15, 0.2) is 0 Å². The molecular formula is C11H10Br2O3. The lowest BCUT2D eigenvalue weighted by atomic mass is 10.2. The molecule has 1 rings (SSSR count). The summed E-state index contributed by atoms with van der Waals surface area (Å²) < 4.78 is 7.04. The van der Waals surface area contributed by atoms with E-state index in [4.69, 9.17) is 9.84 Å². The van der Waals surface area contributed by atoms with Crippen LogP contribution < -0.4 is 4.74 Å². The number of rotatable bonds is 4. The van der Waals surface area contributed by atoms with Crippen molar-refractivity contribution in [1.82, 2.24) is 0 Å². The van der Waals surface area contributed by atoms with Crippen LogP contribution in [0.3, 0.4) is 0 Å². The Kier molecular flexibility index (Phi) is 4.56. The molecule has 0 aliphatic rings. The van der Waals surface area contributed by atoms with E-state index >= 15 is 0 Å². The summed E-state index contributed by atoms with van der Waals surface area (Å²) in [5.74, 6) is -0.493. The van der Waals surface area contributed by atoms with Crippen molar-refractivity contribution in [1.29, 1.82) is 0 Å². The number of ether oxygens (including phenoxy) is 1. The third-order valence-corrected chi connectivity index (χ3v) is 3.23. The lowest BCUT2D eigenvalue weighted by Crippen LogP contribution is -2.20. The Hall–Kier alpha value is -0.810. The Morgan fingerprint density at radius 2 is 1.94 bits per heavy atom. The second-order valence-electron chi connectivity index (χ2n) is 3.14. The zero-order chi connectivity index (χ0) is 12.3. The normalized spacial score (nSPS) is 11.9. The first-order chi connectivity index (χ1) is 7.43. The first kappa shape index (κ1) is 13.3. The molecule has 0 aliphatic carbocycles. The van der Waals surface area contributed by atoms with Gasteiger partial charge in [0.1, 0.15) is 11.9 Å². The molecule has 1 N–H and O–H groups in total. The van der Waals surface area contributed by atoms with Crippen molar-refractivity contribution in [3.8, 4) is 5.75 Å². The van der Waals surface area contributed by atoms with Crippen LogP contribution in [-0.2, 0) is 4.79 Å². The summed E-state index contributed by atoms with van der Waals surface area (Å²) in [5, 5.41) is 8.77. The Bertz CT molecular complexity index is 409. The fourth-order valence-electron chi connectivity index (χ4n) is 1.02. The van der Waals surface area contributed by atoms with Gasteiger partial charge in [-0.3, -0.25) is 0 Å². The molecule has 0 spiro atoms. The second kappa shape index (κ2) is 5.50. The number of halogens is 2. The number of hydrogen-bond acceptors (Lipinski definition) is 2. The van der Waals surface area contributed by atoms with E-state index in [2.05, 4.69) is 38.4 Å². The molecular weight excluding hydrogens is 340 g/mol. The minimum absolute atomic E-state index is 0.0163. The van der Waals surface area contributed by atoms with Crippen molar-refractivity contribution in [2.24, 2.45) is 0 Å². The number of para-hydroxylation sites is 1. The van der Waals surface area contributed by atoms with Crippen LogP contribution in [-0.4, -0.2) is 17.2 Å². The van der Waals surface area contributed by atoms with Gasteiger partial charge in [0.2, 0.25) is 0 Å². The van der Waals surface area contributed by atoms with E-state index in [9.17, 15) is 4.79 Å². The first-order valence-corrected chi connectivity index (χ1v) is 6.05. The molecule has 0 bridgehead atoms. The summed E-state index contributed by atoms with van der Waals surface area (Å²) in [7, 11) is 0. The van der Waals surface area contributed by atoms with Crippen LogP contribution in [0.1, 0.15) is 6.92 Å². The Morgan fingerprint density at radius 1 is 1.44 bits per heavy atom. The third-order valence-electron chi connectivity index (χ3n) is 1.98. The van der Waals surface area contributed by atoms with Crippen LogP contribution in [0, 0.1) is 0 Å². The van der Waals surface area contributed by atoms with Crippen LogP contribution in [0.5, 0.6) is 5.75 Å². The number of aliphatic carboxylic acids is 1. The van der Waals surface area contributed by atoms with Crippen LogP contribution >= 0.6 is 31.9 Å². The third kappa shape index (κ3) is 3.09. The Labute approximate surface area is 110 Å². The van der Waals surface area contributed by atoms with Gasteiger partial charge in [0, 0.05) is 0 Å². The molecule has 16 heavy (non-hydrogen) atoms. The number of carbonyl (C=O) groups is 1. The maximum atomic E-state index is 10.7. The van der Waals surface area contributed by atoms with E-state index < -0.39 is 12.1 Å². The van der Waals surface area contributed by atoms with E-state index in [1.165, 1.54) is 0 Å². The maximum absolute atomic E-state index is 10.7. The number of carboxylic acids is 1. The molecule has 1 aromatic carbocycles. The molecule has 0 saturated heterocycles. The average molecular weight is 350 g/mol. The monoisotopic (exact) mass is 348 g/mol. The molecule has 1 atom stereocenters. The average Bonchev–Trinajstić information content (AvgIpc) is 2.22. The molecule has 3 nitrogen and oxygen atoms in total. The van der Waals surface area contributed by atoms with Crippen LogP contribution in [0.2, 0.25) is 0 Å². The standard InChI is InChI=1S/C11H10Br2O3/c1-6(11(14)15)7(2)16-10-8(12)4-3-5-9(10)13/h3-5,7H,1H2,2H3,(H,14,15). The predicted molar refractivity (Wildman–Crippen MR) is 68.7 cm³/mol. The van der Waals surface area contributed by atoms with E-state index in [0.717, 1.165) is 8.95 Å². The summed E-state index contributed by atoms with van der Waals surface area (Å²) >= 11 is 6.66. The van der Waals surface area contributed by atoms with Gasteiger partial charge in [-0.05, 0) is 50.9 Å². The van der Waals surface area contributed by atoms with Crippen molar-refractivity contribution in [2.45, 2.75) is 13.0 Å². The Balaban J connectivity index is 2.89. The van der Waals surface area contributed by atoms with E-state index in [1.807, 2.05) is 18.2 Å². The summed E-state index contributed by atoms with van der Waals surface area (Å²) in [4.78, 5) is 10.7. The minimum Gasteiger partial charge on any atom is -0.483 e. The molecule has 86 valence electrons. The molecule has 0 aliphatic heterocycles. The molecule has 0 saturated carbocycles. The molecule has 0 aromatic heterocycles. The van der Waals surface area contributed by atoms with Crippen molar-refractivity contribution in [3.05, 3.63) is 39.3 Å². The summed E-state index contributed by atoms with van der Waals surface area (Å²) in [6, 6.07) is 5.48. The highest BCUT2D eigenvalue weighted by atomic mass is 79.9. The van der Waals surface area contributed by atoms with Crippen LogP contribution in [0.4, 0.5) is 0 Å². The molecule has 0 radical (unpaired) electrons. The topological polar surface area (TPSA) is 46.5 Å². The van der Waals surface area contributed by atoms with Gasteiger partial charge < -0.3 is 9.84 Å². The SMILES string of the molecule is C=C(C(=O)O)C(C)Oc1c(Br)cccc1Br. The van der Waals surface area contributed by atoms with E-state index in [1.54, 1.807) is 6.92 Å².